The summed E-state index contributed by atoms with van der Waals surface area (Å²) in [6, 6.07) is 7.21. The van der Waals surface area contributed by atoms with Gasteiger partial charge in [-0.25, -0.2) is 0 Å². The molecule has 3 rings (SSSR count). The van der Waals surface area contributed by atoms with Gasteiger partial charge in [-0.05, 0) is 37.8 Å². The van der Waals surface area contributed by atoms with Gasteiger partial charge < -0.3 is 20.9 Å². The van der Waals surface area contributed by atoms with Crippen molar-refractivity contribution >= 4 is 35.8 Å². The van der Waals surface area contributed by atoms with Crippen molar-refractivity contribution in [2.45, 2.75) is 25.7 Å². The number of likely N-dealkylation sites (tertiary alicyclic amines) is 1. The minimum atomic E-state index is -0.216. The smallest absolute Gasteiger partial charge is 0.255 e. The molecule has 1 aliphatic heterocycles. The molecule has 3 N–H and O–H groups in total. The van der Waals surface area contributed by atoms with Gasteiger partial charge >= 0.3 is 0 Å². The molecular formula is C20H29ClN4O3. The van der Waals surface area contributed by atoms with E-state index >= 15 is 0 Å². The highest BCUT2D eigenvalue weighted by atomic mass is 35.5. The van der Waals surface area contributed by atoms with Gasteiger partial charge in [0.15, 0.2) is 0 Å². The largest absolute Gasteiger partial charge is 0.355 e. The number of amides is 3. The number of benzene rings is 1. The molecule has 1 unspecified atom stereocenters. The van der Waals surface area contributed by atoms with Gasteiger partial charge in [-0.15, -0.1) is 12.4 Å². The number of nitrogens with zero attached hydrogens (tertiary/aromatic N) is 2. The molecule has 1 aromatic carbocycles. The molecule has 1 saturated heterocycles. The second-order valence-electron chi connectivity index (χ2n) is 7.36. The van der Waals surface area contributed by atoms with E-state index in [9.17, 15) is 14.4 Å². The zero-order valence-corrected chi connectivity index (χ0v) is 17.0. The first-order valence-corrected chi connectivity index (χ1v) is 9.66. The summed E-state index contributed by atoms with van der Waals surface area (Å²) in [4.78, 5) is 41.2. The van der Waals surface area contributed by atoms with Crippen LogP contribution in [0.15, 0.2) is 24.3 Å². The number of rotatable bonds is 6. The number of carbonyl (C=O) groups is 3. The molecule has 3 amide bonds. The normalized spacial score (nSPS) is 18.8. The standard InChI is InChI=1S/C20H28N4O3.ClH/c1-23(19(26)14-8-9-14)17-7-3-2-6-16(17)20(27)24-12-4-5-15(13-24)18(25)22-11-10-21;/h2-3,6-7,14-15H,4-5,8-13,21H2,1H3,(H,22,25);1H. The second kappa shape index (κ2) is 9.89. The maximum atomic E-state index is 13.2. The van der Waals surface area contributed by atoms with E-state index < -0.39 is 0 Å². The molecule has 154 valence electrons. The first-order valence-electron chi connectivity index (χ1n) is 9.66. The summed E-state index contributed by atoms with van der Waals surface area (Å²) in [6.07, 6.45) is 3.39. The van der Waals surface area contributed by atoms with E-state index in [-0.39, 0.29) is 42.0 Å². The van der Waals surface area contributed by atoms with Gasteiger partial charge in [-0.2, -0.15) is 0 Å². The van der Waals surface area contributed by atoms with E-state index in [1.165, 1.54) is 0 Å². The Labute approximate surface area is 172 Å². The molecule has 1 heterocycles. The zero-order valence-electron chi connectivity index (χ0n) is 16.2. The quantitative estimate of drug-likeness (QED) is 0.743. The average molecular weight is 409 g/mol. The minimum absolute atomic E-state index is 0. The molecule has 0 spiro atoms. The fourth-order valence-corrected chi connectivity index (χ4v) is 3.56. The van der Waals surface area contributed by atoms with E-state index in [4.69, 9.17) is 5.73 Å². The summed E-state index contributed by atoms with van der Waals surface area (Å²) in [5, 5.41) is 2.81. The SMILES string of the molecule is CN(C(=O)C1CC1)c1ccccc1C(=O)N1CCCC(C(=O)NCCN)C1.Cl. The van der Waals surface area contributed by atoms with Crippen molar-refractivity contribution < 1.29 is 14.4 Å². The van der Waals surface area contributed by atoms with Crippen LogP contribution < -0.4 is 16.0 Å². The van der Waals surface area contributed by atoms with E-state index in [0.29, 0.717) is 37.4 Å². The van der Waals surface area contributed by atoms with Crippen LogP contribution in [0.4, 0.5) is 5.69 Å². The van der Waals surface area contributed by atoms with Crippen molar-refractivity contribution in [2.75, 3.05) is 38.1 Å². The minimum Gasteiger partial charge on any atom is -0.355 e. The molecule has 1 atom stereocenters. The van der Waals surface area contributed by atoms with Crippen molar-refractivity contribution in [3.8, 4) is 0 Å². The number of piperidine rings is 1. The number of nitrogens with one attached hydrogen (secondary N) is 1. The summed E-state index contributed by atoms with van der Waals surface area (Å²) in [5.41, 5.74) is 6.59. The van der Waals surface area contributed by atoms with Crippen LogP contribution in [-0.2, 0) is 9.59 Å². The molecule has 0 bridgehead atoms. The van der Waals surface area contributed by atoms with Gasteiger partial charge in [0, 0.05) is 39.1 Å². The van der Waals surface area contributed by atoms with Crippen LogP contribution in [0.1, 0.15) is 36.0 Å². The van der Waals surface area contributed by atoms with Crippen molar-refractivity contribution in [1.29, 1.82) is 0 Å². The van der Waals surface area contributed by atoms with Crippen LogP contribution in [-0.4, -0.2) is 55.8 Å². The lowest BCUT2D eigenvalue weighted by atomic mass is 9.96. The number of nitrogens with two attached hydrogens (primary N) is 1. The van der Waals surface area contributed by atoms with Gasteiger partial charge in [0.2, 0.25) is 11.8 Å². The second-order valence-corrected chi connectivity index (χ2v) is 7.36. The Morgan fingerprint density at radius 3 is 2.57 bits per heavy atom. The summed E-state index contributed by atoms with van der Waals surface area (Å²) in [7, 11) is 1.73. The Kier molecular flexibility index (Phi) is 7.83. The number of hydrogen-bond acceptors (Lipinski definition) is 4. The molecular weight excluding hydrogens is 380 g/mol. The van der Waals surface area contributed by atoms with Crippen LogP contribution in [0.5, 0.6) is 0 Å². The highest BCUT2D eigenvalue weighted by molar-refractivity contribution is 6.05. The number of halogens is 1. The van der Waals surface area contributed by atoms with Crippen LogP contribution in [0.3, 0.4) is 0 Å². The highest BCUT2D eigenvalue weighted by Crippen LogP contribution is 2.33. The number of carbonyl (C=O) groups excluding carboxylic acids is 3. The Morgan fingerprint density at radius 1 is 1.18 bits per heavy atom. The van der Waals surface area contributed by atoms with Gasteiger partial charge in [-0.3, -0.25) is 14.4 Å². The van der Waals surface area contributed by atoms with Crippen molar-refractivity contribution in [3.05, 3.63) is 29.8 Å². The molecule has 8 heteroatoms. The third-order valence-electron chi connectivity index (χ3n) is 5.28. The third-order valence-corrected chi connectivity index (χ3v) is 5.28. The molecule has 28 heavy (non-hydrogen) atoms. The molecule has 0 aromatic heterocycles. The highest BCUT2D eigenvalue weighted by Gasteiger charge is 2.34. The lowest BCUT2D eigenvalue weighted by molar-refractivity contribution is -0.126. The topological polar surface area (TPSA) is 95.7 Å². The first-order chi connectivity index (χ1) is 13.0. The van der Waals surface area contributed by atoms with Crippen molar-refractivity contribution in [2.24, 2.45) is 17.6 Å². The molecule has 2 fully saturated rings. The van der Waals surface area contributed by atoms with E-state index in [1.54, 1.807) is 22.9 Å². The van der Waals surface area contributed by atoms with Crippen LogP contribution in [0.2, 0.25) is 0 Å². The van der Waals surface area contributed by atoms with Crippen molar-refractivity contribution in [3.63, 3.8) is 0 Å². The lowest BCUT2D eigenvalue weighted by Gasteiger charge is -2.33. The van der Waals surface area contributed by atoms with Gasteiger partial charge in [0.1, 0.15) is 0 Å². The monoisotopic (exact) mass is 408 g/mol. The Balaban J connectivity index is 0.00000280. The molecule has 1 aromatic rings. The van der Waals surface area contributed by atoms with Crippen LogP contribution >= 0.6 is 12.4 Å². The van der Waals surface area contributed by atoms with Gasteiger partial charge in [0.05, 0.1) is 17.2 Å². The van der Waals surface area contributed by atoms with Crippen molar-refractivity contribution in [1.82, 2.24) is 10.2 Å². The summed E-state index contributed by atoms with van der Waals surface area (Å²) in [6.45, 7) is 1.86. The maximum absolute atomic E-state index is 13.2. The number of anilines is 1. The Hall–Kier alpha value is -2.12. The summed E-state index contributed by atoms with van der Waals surface area (Å²) in [5.74, 6) is -0.242. The Morgan fingerprint density at radius 2 is 1.89 bits per heavy atom. The number of hydrogen-bond donors (Lipinski definition) is 2. The first kappa shape index (κ1) is 22.2. The van der Waals surface area contributed by atoms with E-state index in [0.717, 1.165) is 25.7 Å². The Bertz CT molecular complexity index is 723. The average Bonchev–Trinajstić information content (AvgIpc) is 3.55. The predicted octanol–water partition coefficient (Wildman–Crippen LogP) is 1.41. The molecule has 1 saturated carbocycles. The molecule has 1 aliphatic carbocycles. The number of para-hydroxylation sites is 1. The van der Waals surface area contributed by atoms with Crippen LogP contribution in [0.25, 0.3) is 0 Å². The van der Waals surface area contributed by atoms with E-state index in [2.05, 4.69) is 5.32 Å². The molecule has 7 nitrogen and oxygen atoms in total. The van der Waals surface area contributed by atoms with E-state index in [1.807, 2.05) is 18.2 Å². The van der Waals surface area contributed by atoms with Crippen LogP contribution in [0, 0.1) is 11.8 Å². The summed E-state index contributed by atoms with van der Waals surface area (Å²) < 4.78 is 0. The fraction of sp³-hybridized carbons (Fsp3) is 0.550. The van der Waals surface area contributed by atoms with Gasteiger partial charge in [0.25, 0.3) is 5.91 Å². The maximum Gasteiger partial charge on any atom is 0.255 e. The molecule has 2 aliphatic rings. The fourth-order valence-electron chi connectivity index (χ4n) is 3.56. The molecule has 0 radical (unpaired) electrons. The predicted molar refractivity (Wildman–Crippen MR) is 111 cm³/mol. The van der Waals surface area contributed by atoms with Gasteiger partial charge in [-0.1, -0.05) is 12.1 Å². The summed E-state index contributed by atoms with van der Waals surface area (Å²) >= 11 is 0. The lowest BCUT2D eigenvalue weighted by Crippen LogP contribution is -2.46. The third kappa shape index (κ3) is 5.02. The zero-order chi connectivity index (χ0) is 19.4.